The zero-order valence-corrected chi connectivity index (χ0v) is 12.7. The molecule has 1 aromatic heterocycles. The fraction of sp³-hybridized carbons (Fsp3) is 0.286. The number of hydrogen-bond donors (Lipinski definition) is 1. The van der Waals surface area contributed by atoms with Gasteiger partial charge >= 0.3 is 0 Å². The third-order valence-corrected chi connectivity index (χ3v) is 3.83. The van der Waals surface area contributed by atoms with E-state index in [-0.39, 0.29) is 6.04 Å². The van der Waals surface area contributed by atoms with Gasteiger partial charge < -0.3 is 9.73 Å². The lowest BCUT2D eigenvalue weighted by atomic mass is 10.1. The molecule has 0 saturated heterocycles. The summed E-state index contributed by atoms with van der Waals surface area (Å²) in [5, 5.41) is 3.98. The highest BCUT2D eigenvalue weighted by molar-refractivity contribution is 9.10. The van der Waals surface area contributed by atoms with Gasteiger partial charge in [0.25, 0.3) is 0 Å². The highest BCUT2D eigenvalue weighted by Crippen LogP contribution is 2.31. The molecule has 1 aromatic carbocycles. The van der Waals surface area contributed by atoms with Crippen LogP contribution in [0, 0.1) is 0 Å². The molecule has 0 aliphatic heterocycles. The Labute approximate surface area is 120 Å². The van der Waals surface area contributed by atoms with Crippen LogP contribution in [0.5, 0.6) is 0 Å². The van der Waals surface area contributed by atoms with Gasteiger partial charge in [-0.05, 0) is 42.9 Å². The van der Waals surface area contributed by atoms with Crippen LogP contribution in [0.4, 0.5) is 0 Å². The van der Waals surface area contributed by atoms with Gasteiger partial charge in [-0.25, -0.2) is 0 Å². The Morgan fingerprint density at radius 1 is 1.33 bits per heavy atom. The molecule has 0 aliphatic carbocycles. The Bertz CT molecular complexity index is 538. The molecule has 2 nitrogen and oxygen atoms in total. The van der Waals surface area contributed by atoms with Crippen LogP contribution < -0.4 is 5.32 Å². The van der Waals surface area contributed by atoms with Crippen molar-refractivity contribution in [3.63, 3.8) is 0 Å². The van der Waals surface area contributed by atoms with Gasteiger partial charge in [0, 0.05) is 15.9 Å². The summed E-state index contributed by atoms with van der Waals surface area (Å²) in [5.74, 6) is 1.89. The van der Waals surface area contributed by atoms with Crippen LogP contribution in [0.15, 0.2) is 39.2 Å². The lowest BCUT2D eigenvalue weighted by Crippen LogP contribution is -2.17. The van der Waals surface area contributed by atoms with Crippen LogP contribution in [0.1, 0.15) is 30.0 Å². The maximum Gasteiger partial charge on any atom is 0.125 e. The van der Waals surface area contributed by atoms with Crippen molar-refractivity contribution in [2.45, 2.75) is 19.4 Å². The van der Waals surface area contributed by atoms with E-state index in [9.17, 15) is 0 Å². The molecule has 0 aliphatic rings. The lowest BCUT2D eigenvalue weighted by molar-refractivity contribution is 0.433. The first-order chi connectivity index (χ1) is 8.65. The smallest absolute Gasteiger partial charge is 0.125 e. The monoisotopic (exact) mass is 327 g/mol. The SMILES string of the molecule is CCc1ccc(C(NC)c2cc(Cl)ccc2Br)o1. The molecule has 0 spiro atoms. The summed E-state index contributed by atoms with van der Waals surface area (Å²) >= 11 is 9.61. The topological polar surface area (TPSA) is 25.2 Å². The molecular formula is C14H15BrClNO. The van der Waals surface area contributed by atoms with Crippen molar-refractivity contribution in [1.29, 1.82) is 0 Å². The van der Waals surface area contributed by atoms with Crippen LogP contribution >= 0.6 is 27.5 Å². The van der Waals surface area contributed by atoms with Crippen LogP contribution in [-0.2, 0) is 6.42 Å². The normalized spacial score (nSPS) is 12.7. The predicted octanol–water partition coefficient (Wildman–Crippen LogP) is 4.57. The summed E-state index contributed by atoms with van der Waals surface area (Å²) in [6.45, 7) is 2.08. The fourth-order valence-corrected chi connectivity index (χ4v) is 2.58. The van der Waals surface area contributed by atoms with Gasteiger partial charge in [-0.1, -0.05) is 34.5 Å². The second-order valence-electron chi connectivity index (χ2n) is 4.05. The molecule has 96 valence electrons. The molecule has 1 atom stereocenters. The van der Waals surface area contributed by atoms with E-state index in [0.717, 1.165) is 33.0 Å². The van der Waals surface area contributed by atoms with Gasteiger partial charge in [-0.2, -0.15) is 0 Å². The third kappa shape index (κ3) is 2.79. The number of halogens is 2. The predicted molar refractivity (Wildman–Crippen MR) is 78.1 cm³/mol. The molecule has 0 radical (unpaired) electrons. The summed E-state index contributed by atoms with van der Waals surface area (Å²) in [7, 11) is 1.91. The third-order valence-electron chi connectivity index (χ3n) is 2.87. The number of aryl methyl sites for hydroxylation is 1. The number of rotatable bonds is 4. The molecule has 0 bridgehead atoms. The van der Waals surface area contributed by atoms with E-state index in [1.807, 2.05) is 37.4 Å². The minimum atomic E-state index is -0.00150. The Balaban J connectivity index is 2.41. The highest BCUT2D eigenvalue weighted by atomic mass is 79.9. The lowest BCUT2D eigenvalue weighted by Gasteiger charge is -2.16. The van der Waals surface area contributed by atoms with Crippen molar-refractivity contribution in [3.8, 4) is 0 Å². The zero-order chi connectivity index (χ0) is 13.1. The van der Waals surface area contributed by atoms with Crippen molar-refractivity contribution in [1.82, 2.24) is 5.32 Å². The van der Waals surface area contributed by atoms with Crippen molar-refractivity contribution in [2.75, 3.05) is 7.05 Å². The van der Waals surface area contributed by atoms with Crippen LogP contribution in [-0.4, -0.2) is 7.05 Å². The quantitative estimate of drug-likeness (QED) is 0.889. The highest BCUT2D eigenvalue weighted by Gasteiger charge is 2.18. The largest absolute Gasteiger partial charge is 0.464 e. The molecule has 0 saturated carbocycles. The molecule has 2 rings (SSSR count). The summed E-state index contributed by atoms with van der Waals surface area (Å²) in [6, 6.07) is 9.78. The Morgan fingerprint density at radius 2 is 2.11 bits per heavy atom. The second-order valence-corrected chi connectivity index (χ2v) is 5.34. The molecule has 2 aromatic rings. The summed E-state index contributed by atoms with van der Waals surface area (Å²) in [5.41, 5.74) is 1.07. The summed E-state index contributed by atoms with van der Waals surface area (Å²) < 4.78 is 6.82. The molecule has 0 fully saturated rings. The number of benzene rings is 1. The van der Waals surface area contributed by atoms with Crippen molar-refractivity contribution in [2.24, 2.45) is 0 Å². The summed E-state index contributed by atoms with van der Waals surface area (Å²) in [6.07, 6.45) is 0.896. The first-order valence-corrected chi connectivity index (χ1v) is 7.03. The minimum Gasteiger partial charge on any atom is -0.464 e. The van der Waals surface area contributed by atoms with Gasteiger partial charge in [0.2, 0.25) is 0 Å². The van der Waals surface area contributed by atoms with Gasteiger partial charge in [0.1, 0.15) is 11.5 Å². The van der Waals surface area contributed by atoms with E-state index in [1.165, 1.54) is 0 Å². The Morgan fingerprint density at radius 3 is 2.72 bits per heavy atom. The Kier molecular flexibility index (Phi) is 4.49. The van der Waals surface area contributed by atoms with Gasteiger partial charge in [0.15, 0.2) is 0 Å². The van der Waals surface area contributed by atoms with E-state index in [0.29, 0.717) is 0 Å². The standard InChI is InChI=1S/C14H15BrClNO/c1-3-10-5-7-13(18-10)14(17-2)11-8-9(16)4-6-12(11)15/h4-8,14,17H,3H2,1-2H3. The van der Waals surface area contributed by atoms with Gasteiger partial charge in [-0.3, -0.25) is 0 Å². The zero-order valence-electron chi connectivity index (χ0n) is 10.3. The van der Waals surface area contributed by atoms with Gasteiger partial charge in [0.05, 0.1) is 6.04 Å². The fourth-order valence-electron chi connectivity index (χ4n) is 1.93. The molecule has 1 heterocycles. The van der Waals surface area contributed by atoms with Crippen LogP contribution in [0.3, 0.4) is 0 Å². The Hall–Kier alpha value is -0.770. The van der Waals surface area contributed by atoms with Crippen molar-refractivity contribution >= 4 is 27.5 Å². The molecule has 1 N–H and O–H groups in total. The molecule has 4 heteroatoms. The average Bonchev–Trinajstić information content (AvgIpc) is 2.83. The van der Waals surface area contributed by atoms with Crippen LogP contribution in [0.2, 0.25) is 5.02 Å². The van der Waals surface area contributed by atoms with E-state index >= 15 is 0 Å². The molecule has 0 amide bonds. The van der Waals surface area contributed by atoms with E-state index in [1.54, 1.807) is 0 Å². The summed E-state index contributed by atoms with van der Waals surface area (Å²) in [4.78, 5) is 0. The second kappa shape index (κ2) is 5.91. The minimum absolute atomic E-state index is 0.00150. The number of furan rings is 1. The maximum atomic E-state index is 6.06. The van der Waals surface area contributed by atoms with E-state index < -0.39 is 0 Å². The molecule has 18 heavy (non-hydrogen) atoms. The van der Waals surface area contributed by atoms with Gasteiger partial charge in [-0.15, -0.1) is 0 Å². The first-order valence-electron chi connectivity index (χ1n) is 5.86. The first kappa shape index (κ1) is 13.7. The number of hydrogen-bond acceptors (Lipinski definition) is 2. The number of nitrogens with one attached hydrogen (secondary N) is 1. The van der Waals surface area contributed by atoms with E-state index in [4.69, 9.17) is 16.0 Å². The average molecular weight is 329 g/mol. The molecule has 1 unspecified atom stereocenters. The van der Waals surface area contributed by atoms with Crippen molar-refractivity contribution in [3.05, 3.63) is 56.9 Å². The molecular weight excluding hydrogens is 314 g/mol. The van der Waals surface area contributed by atoms with E-state index in [2.05, 4.69) is 28.2 Å². The van der Waals surface area contributed by atoms with Crippen molar-refractivity contribution < 1.29 is 4.42 Å². The van der Waals surface area contributed by atoms with Crippen LogP contribution in [0.25, 0.3) is 0 Å². The maximum absolute atomic E-state index is 6.06.